The van der Waals surface area contributed by atoms with Gasteiger partial charge in [-0.3, -0.25) is 9.59 Å². The van der Waals surface area contributed by atoms with Gasteiger partial charge in [0.25, 0.3) is 5.91 Å². The van der Waals surface area contributed by atoms with Crippen molar-refractivity contribution in [3.63, 3.8) is 0 Å². The predicted molar refractivity (Wildman–Crippen MR) is 107 cm³/mol. The molecule has 1 N–H and O–H groups in total. The Morgan fingerprint density at radius 1 is 1.17 bits per heavy atom. The average molecular weight is 415 g/mol. The molecule has 0 bridgehead atoms. The zero-order valence-corrected chi connectivity index (χ0v) is 16.7. The first-order valence-electron chi connectivity index (χ1n) is 9.06. The Bertz CT molecular complexity index is 939. The van der Waals surface area contributed by atoms with E-state index in [4.69, 9.17) is 14.0 Å². The average Bonchev–Trinajstić information content (AvgIpc) is 3.43. The maximum Gasteiger partial charge on any atom is 0.306 e. The number of hydrogen-bond donors (Lipinski definition) is 1. The number of rotatable bonds is 10. The molecule has 0 unspecified atom stereocenters. The fourth-order valence-electron chi connectivity index (χ4n) is 2.59. The van der Waals surface area contributed by atoms with Crippen LogP contribution >= 0.6 is 11.3 Å². The molecule has 3 aromatic rings. The van der Waals surface area contributed by atoms with Gasteiger partial charge in [-0.25, -0.2) is 0 Å². The van der Waals surface area contributed by atoms with Crippen molar-refractivity contribution in [1.29, 1.82) is 0 Å². The Kier molecular flexibility index (Phi) is 7.34. The summed E-state index contributed by atoms with van der Waals surface area (Å²) in [6, 6.07) is 11.4. The molecule has 0 radical (unpaired) electrons. The second-order valence-corrected chi connectivity index (χ2v) is 7.01. The zero-order chi connectivity index (χ0) is 20.5. The van der Waals surface area contributed by atoms with Crippen molar-refractivity contribution < 1.29 is 23.6 Å². The molecular formula is C20H21N3O5S. The number of methoxy groups -OCH3 is 1. The Morgan fingerprint density at radius 3 is 2.83 bits per heavy atom. The normalized spacial score (nSPS) is 10.5. The number of aryl methyl sites for hydroxylation is 1. The van der Waals surface area contributed by atoms with Gasteiger partial charge in [0.15, 0.2) is 6.61 Å². The summed E-state index contributed by atoms with van der Waals surface area (Å²) in [5, 5.41) is 8.52. The van der Waals surface area contributed by atoms with Crippen LogP contribution in [0.2, 0.25) is 0 Å². The number of esters is 1. The van der Waals surface area contributed by atoms with Crippen LogP contribution < -0.4 is 10.1 Å². The molecule has 0 spiro atoms. The number of benzene rings is 1. The summed E-state index contributed by atoms with van der Waals surface area (Å²) in [4.78, 5) is 28.8. The van der Waals surface area contributed by atoms with Crippen LogP contribution in [0.1, 0.15) is 17.9 Å². The third-order valence-corrected chi connectivity index (χ3v) is 4.89. The summed E-state index contributed by atoms with van der Waals surface area (Å²) < 4.78 is 15.4. The highest BCUT2D eigenvalue weighted by Crippen LogP contribution is 2.21. The highest BCUT2D eigenvalue weighted by atomic mass is 32.1. The molecule has 29 heavy (non-hydrogen) atoms. The van der Waals surface area contributed by atoms with Crippen LogP contribution in [-0.2, 0) is 27.2 Å². The first-order chi connectivity index (χ1) is 14.2. The van der Waals surface area contributed by atoms with Crippen molar-refractivity contribution in [2.24, 2.45) is 0 Å². The summed E-state index contributed by atoms with van der Waals surface area (Å²) >= 11 is 1.50. The van der Waals surface area contributed by atoms with E-state index in [-0.39, 0.29) is 25.4 Å². The number of ether oxygens (including phenoxy) is 2. The topological polar surface area (TPSA) is 104 Å². The van der Waals surface area contributed by atoms with Crippen molar-refractivity contribution in [1.82, 2.24) is 15.5 Å². The second-order valence-electron chi connectivity index (χ2n) is 6.06. The van der Waals surface area contributed by atoms with Gasteiger partial charge >= 0.3 is 5.97 Å². The maximum atomic E-state index is 11.8. The molecule has 0 saturated carbocycles. The molecule has 3 rings (SSSR count). The van der Waals surface area contributed by atoms with E-state index in [0.717, 1.165) is 16.2 Å². The van der Waals surface area contributed by atoms with Gasteiger partial charge < -0.3 is 19.3 Å². The zero-order valence-electron chi connectivity index (χ0n) is 15.9. The highest BCUT2D eigenvalue weighted by Gasteiger charge is 2.13. The van der Waals surface area contributed by atoms with E-state index in [0.29, 0.717) is 24.7 Å². The van der Waals surface area contributed by atoms with Crippen LogP contribution in [0, 0.1) is 0 Å². The van der Waals surface area contributed by atoms with Crippen LogP contribution in [0.15, 0.2) is 46.3 Å². The number of thiophene rings is 1. The van der Waals surface area contributed by atoms with E-state index >= 15 is 0 Å². The maximum absolute atomic E-state index is 11.8. The van der Waals surface area contributed by atoms with Crippen molar-refractivity contribution in [2.45, 2.75) is 19.3 Å². The minimum Gasteiger partial charge on any atom is -0.496 e. The fraction of sp³-hybridized carbons (Fsp3) is 0.300. The lowest BCUT2D eigenvalue weighted by Crippen LogP contribution is -2.30. The lowest BCUT2D eigenvalue weighted by atomic mass is 10.1. The molecule has 0 aliphatic rings. The van der Waals surface area contributed by atoms with Gasteiger partial charge in [-0.1, -0.05) is 29.4 Å². The summed E-state index contributed by atoms with van der Waals surface area (Å²) in [6.07, 6.45) is 0.931. The third-order valence-electron chi connectivity index (χ3n) is 4.03. The molecule has 0 fully saturated rings. The molecule has 0 saturated heterocycles. The van der Waals surface area contributed by atoms with Gasteiger partial charge in [0.05, 0.1) is 18.4 Å². The lowest BCUT2D eigenvalue weighted by molar-refractivity contribution is -0.148. The molecule has 9 heteroatoms. The van der Waals surface area contributed by atoms with Gasteiger partial charge in [0, 0.05) is 13.0 Å². The predicted octanol–water partition coefficient (Wildman–Crippen LogP) is 2.64. The number of para-hydroxylation sites is 1. The van der Waals surface area contributed by atoms with Crippen LogP contribution in [0.3, 0.4) is 0 Å². The molecule has 152 valence electrons. The highest BCUT2D eigenvalue weighted by molar-refractivity contribution is 7.13. The Labute approximate surface area is 171 Å². The van der Waals surface area contributed by atoms with Crippen LogP contribution in [0.5, 0.6) is 5.75 Å². The molecule has 8 nitrogen and oxygen atoms in total. The number of carbonyl (C=O) groups excluding carboxylic acids is 2. The van der Waals surface area contributed by atoms with Gasteiger partial charge in [0.1, 0.15) is 5.75 Å². The van der Waals surface area contributed by atoms with Crippen LogP contribution in [0.4, 0.5) is 0 Å². The molecule has 2 heterocycles. The number of carbonyl (C=O) groups is 2. The van der Waals surface area contributed by atoms with Crippen molar-refractivity contribution >= 4 is 23.2 Å². The number of aromatic nitrogens is 2. The number of nitrogens with one attached hydrogen (secondary N) is 1. The van der Waals surface area contributed by atoms with Gasteiger partial charge in [0.2, 0.25) is 11.7 Å². The van der Waals surface area contributed by atoms with E-state index in [9.17, 15) is 9.59 Å². The van der Waals surface area contributed by atoms with Gasteiger partial charge in [-0.05, 0) is 29.5 Å². The largest absolute Gasteiger partial charge is 0.496 e. The number of hydrogen-bond acceptors (Lipinski definition) is 8. The van der Waals surface area contributed by atoms with E-state index in [1.807, 2.05) is 41.8 Å². The molecule has 0 aliphatic carbocycles. The van der Waals surface area contributed by atoms with Crippen molar-refractivity contribution in [2.75, 3.05) is 20.3 Å². The SMILES string of the molecule is COc1ccccc1CCNC(=O)COC(=O)CCc1nc(-c2cccs2)no1. The Morgan fingerprint density at radius 2 is 2.03 bits per heavy atom. The Hall–Kier alpha value is -3.20. The quantitative estimate of drug-likeness (QED) is 0.508. The molecular weight excluding hydrogens is 394 g/mol. The summed E-state index contributed by atoms with van der Waals surface area (Å²) in [6.45, 7) is 0.0965. The molecule has 0 aliphatic heterocycles. The molecule has 1 amide bonds. The van der Waals surface area contributed by atoms with E-state index < -0.39 is 5.97 Å². The monoisotopic (exact) mass is 415 g/mol. The molecule has 2 aromatic heterocycles. The minimum absolute atomic E-state index is 0.0561. The fourth-order valence-corrected chi connectivity index (χ4v) is 3.24. The Balaban J connectivity index is 1.33. The smallest absolute Gasteiger partial charge is 0.306 e. The summed E-state index contributed by atoms with van der Waals surface area (Å²) in [7, 11) is 1.61. The lowest BCUT2D eigenvalue weighted by Gasteiger charge is -2.09. The first-order valence-corrected chi connectivity index (χ1v) is 9.94. The molecule has 0 atom stereocenters. The minimum atomic E-state index is -0.499. The van der Waals surface area contributed by atoms with Crippen LogP contribution in [-0.4, -0.2) is 42.3 Å². The molecule has 1 aromatic carbocycles. The second kappa shape index (κ2) is 10.4. The summed E-state index contributed by atoms with van der Waals surface area (Å²) in [5.41, 5.74) is 0.994. The van der Waals surface area contributed by atoms with Crippen molar-refractivity contribution in [3.05, 3.63) is 53.2 Å². The van der Waals surface area contributed by atoms with Gasteiger partial charge in [-0.2, -0.15) is 4.98 Å². The van der Waals surface area contributed by atoms with E-state index in [2.05, 4.69) is 15.5 Å². The number of amides is 1. The third kappa shape index (κ3) is 6.15. The standard InChI is InChI=1S/C20H21N3O5S/c1-26-15-6-3-2-5-14(15)10-11-21-17(24)13-27-19(25)9-8-18-22-20(23-28-18)16-7-4-12-29-16/h2-7,12H,8-11,13H2,1H3,(H,21,24). The van der Waals surface area contributed by atoms with Crippen LogP contribution in [0.25, 0.3) is 10.7 Å². The number of nitrogens with zero attached hydrogens (tertiary/aromatic N) is 2. The van der Waals surface area contributed by atoms with Gasteiger partial charge in [-0.15, -0.1) is 11.3 Å². The first kappa shape index (κ1) is 20.5. The van der Waals surface area contributed by atoms with Crippen molar-refractivity contribution in [3.8, 4) is 16.5 Å². The van der Waals surface area contributed by atoms with E-state index in [1.165, 1.54) is 11.3 Å². The summed E-state index contributed by atoms with van der Waals surface area (Å²) in [5.74, 6) is 0.771. The van der Waals surface area contributed by atoms with E-state index in [1.54, 1.807) is 7.11 Å².